The van der Waals surface area contributed by atoms with Crippen molar-refractivity contribution in [3.8, 4) is 0 Å². The molecule has 0 spiro atoms. The van der Waals surface area contributed by atoms with Crippen molar-refractivity contribution in [3.63, 3.8) is 0 Å². The maximum Gasteiger partial charge on any atom is 0.223 e. The molecule has 17 heavy (non-hydrogen) atoms. The van der Waals surface area contributed by atoms with Gasteiger partial charge in [0.15, 0.2) is 0 Å². The monoisotopic (exact) mass is 237 g/mol. The van der Waals surface area contributed by atoms with Gasteiger partial charge in [-0.25, -0.2) is 4.39 Å². The number of carbonyl (C=O) groups is 1. The summed E-state index contributed by atoms with van der Waals surface area (Å²) in [5.41, 5.74) is 0.606. The molecule has 0 aliphatic carbocycles. The van der Waals surface area contributed by atoms with Crippen LogP contribution in [0.3, 0.4) is 0 Å². The number of carbonyl (C=O) groups excluding carboxylic acids is 1. The molecule has 1 aromatic carbocycles. The number of halogens is 1. The molecule has 0 N–H and O–H groups in total. The Balaban J connectivity index is 1.85. The first-order valence-corrected chi connectivity index (χ1v) is 5.86. The van der Waals surface area contributed by atoms with E-state index in [2.05, 4.69) is 0 Å². The summed E-state index contributed by atoms with van der Waals surface area (Å²) in [6, 6.07) is 6.59. The molecule has 0 bridgehead atoms. The lowest BCUT2D eigenvalue weighted by Crippen LogP contribution is -2.40. The Morgan fingerprint density at radius 3 is 2.71 bits per heavy atom. The molecule has 1 saturated heterocycles. The average molecular weight is 237 g/mol. The highest BCUT2D eigenvalue weighted by Gasteiger charge is 2.16. The molecule has 0 radical (unpaired) electrons. The highest BCUT2D eigenvalue weighted by molar-refractivity contribution is 5.76. The van der Waals surface area contributed by atoms with Gasteiger partial charge >= 0.3 is 0 Å². The lowest BCUT2D eigenvalue weighted by Gasteiger charge is -2.26. The largest absolute Gasteiger partial charge is 0.378 e. The van der Waals surface area contributed by atoms with Gasteiger partial charge in [0.2, 0.25) is 5.91 Å². The Hall–Kier alpha value is -1.42. The summed E-state index contributed by atoms with van der Waals surface area (Å²) in [4.78, 5) is 13.6. The first kappa shape index (κ1) is 12.0. The lowest BCUT2D eigenvalue weighted by molar-refractivity contribution is -0.135. The minimum absolute atomic E-state index is 0.0801. The fourth-order valence-electron chi connectivity index (χ4n) is 1.91. The van der Waals surface area contributed by atoms with Gasteiger partial charge in [-0.05, 0) is 18.1 Å². The maximum absolute atomic E-state index is 13.3. The van der Waals surface area contributed by atoms with Crippen molar-refractivity contribution < 1.29 is 13.9 Å². The molecule has 92 valence electrons. The van der Waals surface area contributed by atoms with Crippen molar-refractivity contribution in [1.82, 2.24) is 4.90 Å². The lowest BCUT2D eigenvalue weighted by atomic mass is 10.1. The fourth-order valence-corrected chi connectivity index (χ4v) is 1.91. The third-order valence-corrected chi connectivity index (χ3v) is 2.93. The van der Waals surface area contributed by atoms with E-state index in [9.17, 15) is 9.18 Å². The Morgan fingerprint density at radius 2 is 2.00 bits per heavy atom. The third kappa shape index (κ3) is 3.27. The Labute approximate surface area is 100 Å². The molecular weight excluding hydrogens is 221 g/mol. The van der Waals surface area contributed by atoms with Gasteiger partial charge in [-0.15, -0.1) is 0 Å². The average Bonchev–Trinajstić information content (AvgIpc) is 2.38. The zero-order chi connectivity index (χ0) is 12.1. The van der Waals surface area contributed by atoms with Gasteiger partial charge in [-0.1, -0.05) is 18.2 Å². The Bertz CT molecular complexity index is 389. The van der Waals surface area contributed by atoms with E-state index in [0.717, 1.165) is 0 Å². The van der Waals surface area contributed by atoms with Gasteiger partial charge in [0, 0.05) is 19.5 Å². The van der Waals surface area contributed by atoms with Gasteiger partial charge in [-0.2, -0.15) is 0 Å². The van der Waals surface area contributed by atoms with E-state index in [1.807, 2.05) is 0 Å². The summed E-state index contributed by atoms with van der Waals surface area (Å²) < 4.78 is 18.5. The van der Waals surface area contributed by atoms with Crippen LogP contribution in [0.2, 0.25) is 0 Å². The van der Waals surface area contributed by atoms with Crippen LogP contribution < -0.4 is 0 Å². The predicted octanol–water partition coefficient (Wildman–Crippen LogP) is 1.62. The number of amides is 1. The van der Waals surface area contributed by atoms with Crippen LogP contribution in [0.25, 0.3) is 0 Å². The molecule has 0 atom stereocenters. The molecule has 1 amide bonds. The number of morpholine rings is 1. The van der Waals surface area contributed by atoms with Crippen LogP contribution >= 0.6 is 0 Å². The molecule has 1 fully saturated rings. The van der Waals surface area contributed by atoms with Crippen molar-refractivity contribution in [1.29, 1.82) is 0 Å². The van der Waals surface area contributed by atoms with Crippen molar-refractivity contribution >= 4 is 5.91 Å². The Morgan fingerprint density at radius 1 is 1.29 bits per heavy atom. The van der Waals surface area contributed by atoms with E-state index in [1.54, 1.807) is 23.1 Å². The molecule has 0 unspecified atom stereocenters. The molecule has 0 saturated carbocycles. The quantitative estimate of drug-likeness (QED) is 0.799. The third-order valence-electron chi connectivity index (χ3n) is 2.93. The normalized spacial score (nSPS) is 15.9. The maximum atomic E-state index is 13.3. The standard InChI is InChI=1S/C13H16FNO2/c14-12-4-2-1-3-11(12)5-6-13(16)15-7-9-17-10-8-15/h1-4H,5-10H2. The molecule has 1 heterocycles. The minimum Gasteiger partial charge on any atom is -0.378 e. The zero-order valence-corrected chi connectivity index (χ0v) is 9.69. The summed E-state index contributed by atoms with van der Waals surface area (Å²) in [5, 5.41) is 0. The molecule has 1 aromatic rings. The van der Waals surface area contributed by atoms with E-state index >= 15 is 0 Å². The summed E-state index contributed by atoms with van der Waals surface area (Å²) in [5.74, 6) is -0.154. The minimum atomic E-state index is -0.234. The van der Waals surface area contributed by atoms with Crippen molar-refractivity contribution in [2.45, 2.75) is 12.8 Å². The molecule has 4 heteroatoms. The molecular formula is C13H16FNO2. The van der Waals surface area contributed by atoms with Crippen LogP contribution in [0.5, 0.6) is 0 Å². The number of aryl methyl sites for hydroxylation is 1. The van der Waals surface area contributed by atoms with E-state index in [-0.39, 0.29) is 11.7 Å². The van der Waals surface area contributed by atoms with Gasteiger partial charge in [0.05, 0.1) is 13.2 Å². The first-order chi connectivity index (χ1) is 8.27. The number of hydrogen-bond acceptors (Lipinski definition) is 2. The second-order valence-corrected chi connectivity index (χ2v) is 4.08. The fraction of sp³-hybridized carbons (Fsp3) is 0.462. The van der Waals surface area contributed by atoms with Crippen LogP contribution in [0.4, 0.5) is 4.39 Å². The zero-order valence-electron chi connectivity index (χ0n) is 9.69. The summed E-state index contributed by atoms with van der Waals surface area (Å²) in [6.07, 6.45) is 0.823. The molecule has 1 aliphatic rings. The smallest absolute Gasteiger partial charge is 0.223 e. The van der Waals surface area contributed by atoms with E-state index in [0.29, 0.717) is 44.7 Å². The highest BCUT2D eigenvalue weighted by atomic mass is 19.1. The van der Waals surface area contributed by atoms with Crippen LogP contribution in [0.1, 0.15) is 12.0 Å². The van der Waals surface area contributed by atoms with E-state index < -0.39 is 0 Å². The van der Waals surface area contributed by atoms with E-state index in [4.69, 9.17) is 4.74 Å². The summed E-state index contributed by atoms with van der Waals surface area (Å²) in [7, 11) is 0. The van der Waals surface area contributed by atoms with Gasteiger partial charge in [-0.3, -0.25) is 4.79 Å². The molecule has 0 aromatic heterocycles. The number of hydrogen-bond donors (Lipinski definition) is 0. The highest BCUT2D eigenvalue weighted by Crippen LogP contribution is 2.10. The second-order valence-electron chi connectivity index (χ2n) is 4.08. The van der Waals surface area contributed by atoms with Crippen molar-refractivity contribution in [2.24, 2.45) is 0 Å². The predicted molar refractivity (Wildman–Crippen MR) is 62.1 cm³/mol. The molecule has 2 rings (SSSR count). The van der Waals surface area contributed by atoms with Crippen LogP contribution in [0, 0.1) is 5.82 Å². The first-order valence-electron chi connectivity index (χ1n) is 5.86. The second kappa shape index (κ2) is 5.77. The van der Waals surface area contributed by atoms with Crippen molar-refractivity contribution in [3.05, 3.63) is 35.6 Å². The summed E-state index contributed by atoms with van der Waals surface area (Å²) in [6.45, 7) is 2.50. The topological polar surface area (TPSA) is 29.5 Å². The number of rotatable bonds is 3. The molecule has 1 aliphatic heterocycles. The van der Waals surface area contributed by atoms with Crippen LogP contribution in [0.15, 0.2) is 24.3 Å². The number of benzene rings is 1. The van der Waals surface area contributed by atoms with Crippen LogP contribution in [-0.4, -0.2) is 37.1 Å². The number of ether oxygens (including phenoxy) is 1. The van der Waals surface area contributed by atoms with Gasteiger partial charge < -0.3 is 9.64 Å². The number of nitrogens with zero attached hydrogens (tertiary/aromatic N) is 1. The SMILES string of the molecule is O=C(CCc1ccccc1F)N1CCOCC1. The van der Waals surface area contributed by atoms with E-state index in [1.165, 1.54) is 6.07 Å². The van der Waals surface area contributed by atoms with Crippen LogP contribution in [-0.2, 0) is 16.0 Å². The summed E-state index contributed by atoms with van der Waals surface area (Å²) >= 11 is 0. The van der Waals surface area contributed by atoms with Gasteiger partial charge in [0.1, 0.15) is 5.82 Å². The van der Waals surface area contributed by atoms with Crippen molar-refractivity contribution in [2.75, 3.05) is 26.3 Å². The van der Waals surface area contributed by atoms with Gasteiger partial charge in [0.25, 0.3) is 0 Å². The Kier molecular flexibility index (Phi) is 4.09. The molecule has 3 nitrogen and oxygen atoms in total.